The molecule has 0 aliphatic rings. The van der Waals surface area contributed by atoms with Crippen molar-refractivity contribution >= 4 is 55.0 Å². The maximum absolute atomic E-state index is 12.0. The molecule has 1 amide bonds. The zero-order valence-corrected chi connectivity index (χ0v) is 19.4. The summed E-state index contributed by atoms with van der Waals surface area (Å²) in [5.74, 6) is 0.163. The largest absolute Gasteiger partial charge is 0.366 e. The van der Waals surface area contributed by atoms with Crippen LogP contribution in [0.15, 0.2) is 52.0 Å². The highest BCUT2D eigenvalue weighted by atomic mass is 79.9. The molecular formula is C20H21BrN6O3S. The predicted molar refractivity (Wildman–Crippen MR) is 123 cm³/mol. The van der Waals surface area contributed by atoms with E-state index in [1.807, 2.05) is 6.07 Å². The maximum atomic E-state index is 12.0. The van der Waals surface area contributed by atoms with Gasteiger partial charge in [0.1, 0.15) is 5.82 Å². The number of aryl methyl sites for hydroxylation is 2. The number of carbonyl (C=O) groups excluding carboxylic acids is 1. The fraction of sp³-hybridized carbons (Fsp3) is 0.150. The Kier molecular flexibility index (Phi) is 6.58. The Balaban J connectivity index is 1.90. The number of anilines is 4. The second kappa shape index (κ2) is 9.00. The zero-order valence-electron chi connectivity index (χ0n) is 17.0. The Morgan fingerprint density at radius 1 is 1.10 bits per heavy atom. The number of rotatable bonds is 7. The van der Waals surface area contributed by atoms with E-state index in [0.29, 0.717) is 32.8 Å². The van der Waals surface area contributed by atoms with E-state index in [4.69, 9.17) is 5.73 Å². The Morgan fingerprint density at radius 2 is 1.84 bits per heavy atom. The van der Waals surface area contributed by atoms with Gasteiger partial charge < -0.3 is 16.4 Å². The number of aromatic nitrogens is 2. The van der Waals surface area contributed by atoms with Crippen LogP contribution in [0.25, 0.3) is 0 Å². The van der Waals surface area contributed by atoms with Crippen LogP contribution in [0.4, 0.5) is 23.1 Å². The molecule has 11 heteroatoms. The Bertz CT molecular complexity index is 1260. The zero-order chi connectivity index (χ0) is 22.8. The van der Waals surface area contributed by atoms with E-state index < -0.39 is 15.9 Å². The molecule has 9 nitrogen and oxygen atoms in total. The standard InChI is InChI=1S/C20H21BrN6O3S/c1-11-5-4-6-15(17(11)18(22)28)26-19-14(21)10-24-20(27-19)25-13-7-8-16(12(2)9-13)31(29,30)23-3/h4-10,23H,1-3H3,(H2,22,28)(H2,24,25,26,27). The molecule has 1 heterocycles. The topological polar surface area (TPSA) is 139 Å². The first-order valence-electron chi connectivity index (χ1n) is 9.12. The van der Waals surface area contributed by atoms with Gasteiger partial charge in [0.25, 0.3) is 5.91 Å². The molecule has 5 N–H and O–H groups in total. The van der Waals surface area contributed by atoms with E-state index in [1.165, 1.54) is 13.1 Å². The monoisotopic (exact) mass is 504 g/mol. The Hall–Kier alpha value is -3.02. The summed E-state index contributed by atoms with van der Waals surface area (Å²) in [7, 11) is -2.18. The molecule has 0 radical (unpaired) electrons. The van der Waals surface area contributed by atoms with Crippen LogP contribution in [-0.2, 0) is 10.0 Å². The van der Waals surface area contributed by atoms with Gasteiger partial charge in [-0.2, -0.15) is 4.98 Å². The van der Waals surface area contributed by atoms with Gasteiger partial charge in [0.2, 0.25) is 16.0 Å². The first-order valence-corrected chi connectivity index (χ1v) is 11.4. The van der Waals surface area contributed by atoms with Crippen molar-refractivity contribution in [3.63, 3.8) is 0 Å². The summed E-state index contributed by atoms with van der Waals surface area (Å²) in [5.41, 5.74) is 8.35. The molecule has 0 atom stereocenters. The quantitative estimate of drug-likeness (QED) is 0.386. The van der Waals surface area contributed by atoms with Crippen molar-refractivity contribution < 1.29 is 13.2 Å². The van der Waals surface area contributed by atoms with Crippen molar-refractivity contribution in [1.29, 1.82) is 0 Å². The fourth-order valence-electron chi connectivity index (χ4n) is 3.01. The molecule has 0 saturated carbocycles. The number of nitrogens with zero attached hydrogens (tertiary/aromatic N) is 2. The number of nitrogens with one attached hydrogen (secondary N) is 3. The fourth-order valence-corrected chi connectivity index (χ4v) is 4.25. The van der Waals surface area contributed by atoms with Gasteiger partial charge in [0, 0.05) is 11.9 Å². The molecule has 3 rings (SSSR count). The highest BCUT2D eigenvalue weighted by Crippen LogP contribution is 2.28. The third-order valence-electron chi connectivity index (χ3n) is 4.51. The molecule has 0 fully saturated rings. The average molecular weight is 505 g/mol. The normalized spacial score (nSPS) is 11.2. The molecule has 0 aliphatic heterocycles. The third-order valence-corrected chi connectivity index (χ3v) is 6.66. The van der Waals surface area contributed by atoms with Crippen LogP contribution in [0.3, 0.4) is 0 Å². The molecule has 3 aromatic rings. The van der Waals surface area contributed by atoms with E-state index in [1.54, 1.807) is 44.3 Å². The number of amides is 1. The molecule has 31 heavy (non-hydrogen) atoms. The molecule has 2 aromatic carbocycles. The van der Waals surface area contributed by atoms with Gasteiger partial charge in [0.05, 0.1) is 20.6 Å². The Labute approximate surface area is 188 Å². The summed E-state index contributed by atoms with van der Waals surface area (Å²) < 4.78 is 27.0. The number of sulfonamides is 1. The number of carbonyl (C=O) groups is 1. The minimum absolute atomic E-state index is 0.193. The van der Waals surface area contributed by atoms with Crippen molar-refractivity contribution in [3.05, 3.63) is 63.8 Å². The molecule has 0 spiro atoms. The van der Waals surface area contributed by atoms with Gasteiger partial charge in [-0.15, -0.1) is 0 Å². The van der Waals surface area contributed by atoms with Gasteiger partial charge in [-0.3, -0.25) is 4.79 Å². The summed E-state index contributed by atoms with van der Waals surface area (Å²) in [6, 6.07) is 10.2. The molecule has 1 aromatic heterocycles. The van der Waals surface area contributed by atoms with Gasteiger partial charge in [-0.05, 0) is 72.2 Å². The molecule has 0 unspecified atom stereocenters. The van der Waals surface area contributed by atoms with Crippen LogP contribution in [0.1, 0.15) is 21.5 Å². The summed E-state index contributed by atoms with van der Waals surface area (Å²) in [5, 5.41) is 6.16. The van der Waals surface area contributed by atoms with E-state index in [0.717, 1.165) is 5.56 Å². The second-order valence-electron chi connectivity index (χ2n) is 6.69. The number of halogens is 1. The molecule has 162 valence electrons. The van der Waals surface area contributed by atoms with Crippen LogP contribution >= 0.6 is 15.9 Å². The Morgan fingerprint density at radius 3 is 2.48 bits per heavy atom. The lowest BCUT2D eigenvalue weighted by Crippen LogP contribution is -2.19. The average Bonchev–Trinajstić information content (AvgIpc) is 2.70. The number of benzene rings is 2. The first kappa shape index (κ1) is 22.7. The van der Waals surface area contributed by atoms with Crippen molar-refractivity contribution in [2.75, 3.05) is 17.7 Å². The van der Waals surface area contributed by atoms with Gasteiger partial charge >= 0.3 is 0 Å². The number of hydrogen-bond acceptors (Lipinski definition) is 7. The summed E-state index contributed by atoms with van der Waals surface area (Å²) in [6.07, 6.45) is 1.56. The number of hydrogen-bond donors (Lipinski definition) is 4. The van der Waals surface area contributed by atoms with Crippen LogP contribution in [0.2, 0.25) is 0 Å². The lowest BCUT2D eigenvalue weighted by atomic mass is 10.1. The smallest absolute Gasteiger partial charge is 0.251 e. The van der Waals surface area contributed by atoms with Crippen LogP contribution in [-0.4, -0.2) is 31.3 Å². The molecular weight excluding hydrogens is 484 g/mol. The number of nitrogens with two attached hydrogens (primary N) is 1. The SMILES string of the molecule is CNS(=O)(=O)c1ccc(Nc2ncc(Br)c(Nc3cccc(C)c3C(N)=O)n2)cc1C. The highest BCUT2D eigenvalue weighted by Gasteiger charge is 2.16. The van der Waals surface area contributed by atoms with Crippen molar-refractivity contribution in [3.8, 4) is 0 Å². The summed E-state index contributed by atoms with van der Waals surface area (Å²) in [4.78, 5) is 20.7. The van der Waals surface area contributed by atoms with Crippen LogP contribution in [0.5, 0.6) is 0 Å². The summed E-state index contributed by atoms with van der Waals surface area (Å²) in [6.45, 7) is 3.50. The van der Waals surface area contributed by atoms with Crippen molar-refractivity contribution in [2.45, 2.75) is 18.7 Å². The molecule has 0 aliphatic carbocycles. The molecule has 0 bridgehead atoms. The molecule has 0 saturated heterocycles. The van der Waals surface area contributed by atoms with Crippen LogP contribution in [0, 0.1) is 13.8 Å². The second-order valence-corrected chi connectivity index (χ2v) is 9.40. The lowest BCUT2D eigenvalue weighted by molar-refractivity contribution is 0.100. The summed E-state index contributed by atoms with van der Waals surface area (Å²) >= 11 is 3.40. The highest BCUT2D eigenvalue weighted by molar-refractivity contribution is 9.10. The van der Waals surface area contributed by atoms with Crippen molar-refractivity contribution in [2.24, 2.45) is 5.73 Å². The predicted octanol–water partition coefficient (Wildman–Crippen LogP) is 3.35. The van der Waals surface area contributed by atoms with Crippen molar-refractivity contribution in [1.82, 2.24) is 14.7 Å². The number of primary amides is 1. The first-order chi connectivity index (χ1) is 14.6. The van der Waals surface area contributed by atoms with Gasteiger partial charge in [0.15, 0.2) is 0 Å². The van der Waals surface area contributed by atoms with Crippen LogP contribution < -0.4 is 21.1 Å². The maximum Gasteiger partial charge on any atom is 0.251 e. The van der Waals surface area contributed by atoms with Gasteiger partial charge in [-0.1, -0.05) is 12.1 Å². The minimum atomic E-state index is -3.54. The van der Waals surface area contributed by atoms with E-state index in [2.05, 4.69) is 41.3 Å². The van der Waals surface area contributed by atoms with E-state index in [-0.39, 0.29) is 10.8 Å². The lowest BCUT2D eigenvalue weighted by Gasteiger charge is -2.14. The third kappa shape index (κ3) is 5.01. The van der Waals surface area contributed by atoms with E-state index >= 15 is 0 Å². The van der Waals surface area contributed by atoms with Gasteiger partial charge in [-0.25, -0.2) is 18.1 Å². The van der Waals surface area contributed by atoms with E-state index in [9.17, 15) is 13.2 Å². The minimum Gasteiger partial charge on any atom is -0.366 e.